The van der Waals surface area contributed by atoms with Crippen molar-refractivity contribution in [3.8, 4) is 0 Å². The fourth-order valence-electron chi connectivity index (χ4n) is 1.65. The summed E-state index contributed by atoms with van der Waals surface area (Å²) in [7, 11) is 0. The number of fused-ring (bicyclic) bond motifs is 1. The van der Waals surface area contributed by atoms with Gasteiger partial charge in [0.2, 0.25) is 0 Å². The van der Waals surface area contributed by atoms with Gasteiger partial charge in [0, 0.05) is 6.07 Å². The molecule has 1 aromatic heterocycles. The highest BCUT2D eigenvalue weighted by molar-refractivity contribution is 5.94. The number of ether oxygens (including phenoxy) is 1. The van der Waals surface area contributed by atoms with Crippen LogP contribution in [0.25, 0.3) is 11.0 Å². The summed E-state index contributed by atoms with van der Waals surface area (Å²) in [5.41, 5.74) is -0.559. The van der Waals surface area contributed by atoms with E-state index in [0.717, 1.165) is 6.07 Å². The Morgan fingerprint density at radius 1 is 1.32 bits per heavy atom. The number of halogens is 3. The zero-order valence-corrected chi connectivity index (χ0v) is 9.95. The lowest BCUT2D eigenvalue weighted by atomic mass is 10.1. The third-order valence-electron chi connectivity index (χ3n) is 2.43. The number of hydrogen-bond donors (Lipinski definition) is 0. The Bertz CT molecular complexity index is 620. The number of benzene rings is 1. The third-order valence-corrected chi connectivity index (χ3v) is 2.43. The van der Waals surface area contributed by atoms with Crippen molar-refractivity contribution in [3.05, 3.63) is 41.7 Å². The highest BCUT2D eigenvalue weighted by Crippen LogP contribution is 2.35. The van der Waals surface area contributed by atoms with Crippen molar-refractivity contribution in [1.29, 1.82) is 0 Å². The zero-order valence-electron chi connectivity index (χ0n) is 9.95. The van der Waals surface area contributed by atoms with Crippen molar-refractivity contribution in [3.63, 3.8) is 0 Å². The first-order valence-electron chi connectivity index (χ1n) is 5.53. The summed E-state index contributed by atoms with van der Waals surface area (Å²) >= 11 is 0. The minimum Gasteiger partial charge on any atom is -0.462 e. The van der Waals surface area contributed by atoms with Gasteiger partial charge in [0.25, 0.3) is 0 Å². The van der Waals surface area contributed by atoms with Crippen molar-refractivity contribution in [1.82, 2.24) is 0 Å². The normalized spacial score (nSPS) is 11.6. The number of rotatable bonds is 2. The number of carbonyl (C=O) groups is 1. The second-order valence-corrected chi connectivity index (χ2v) is 3.75. The SMILES string of the molecule is CCOC(=O)c1cc2ccccc2[o+]c1C(F)(F)F. The molecule has 3 nitrogen and oxygen atoms in total. The zero-order chi connectivity index (χ0) is 14.0. The van der Waals surface area contributed by atoms with Crippen LogP contribution in [0.4, 0.5) is 13.2 Å². The monoisotopic (exact) mass is 271 g/mol. The topological polar surface area (TPSA) is 37.6 Å². The molecule has 2 aromatic rings. The molecular weight excluding hydrogens is 261 g/mol. The van der Waals surface area contributed by atoms with E-state index in [1.165, 1.54) is 13.0 Å². The van der Waals surface area contributed by atoms with Gasteiger partial charge in [-0.25, -0.2) is 9.21 Å². The van der Waals surface area contributed by atoms with Gasteiger partial charge in [-0.3, -0.25) is 0 Å². The van der Waals surface area contributed by atoms with E-state index in [1.807, 2.05) is 0 Å². The van der Waals surface area contributed by atoms with Gasteiger partial charge >= 0.3 is 23.5 Å². The highest BCUT2D eigenvalue weighted by Gasteiger charge is 2.49. The van der Waals surface area contributed by atoms with E-state index < -0.39 is 23.5 Å². The maximum Gasteiger partial charge on any atom is 0.511 e. The lowest BCUT2D eigenvalue weighted by Gasteiger charge is -2.04. The van der Waals surface area contributed by atoms with Crippen LogP contribution in [0.2, 0.25) is 0 Å². The first kappa shape index (κ1) is 13.3. The van der Waals surface area contributed by atoms with Crippen LogP contribution in [0.3, 0.4) is 0 Å². The van der Waals surface area contributed by atoms with Crippen LogP contribution in [-0.2, 0) is 10.9 Å². The second-order valence-electron chi connectivity index (χ2n) is 3.75. The van der Waals surface area contributed by atoms with Crippen LogP contribution in [0.1, 0.15) is 23.0 Å². The molecule has 0 N–H and O–H groups in total. The van der Waals surface area contributed by atoms with E-state index in [-0.39, 0.29) is 12.2 Å². The van der Waals surface area contributed by atoms with Crippen LogP contribution in [0.15, 0.2) is 34.7 Å². The maximum absolute atomic E-state index is 12.9. The number of carbonyl (C=O) groups excluding carboxylic acids is 1. The highest BCUT2D eigenvalue weighted by atomic mass is 19.4. The predicted octanol–water partition coefficient (Wildman–Crippen LogP) is 3.91. The Morgan fingerprint density at radius 2 is 2.00 bits per heavy atom. The molecule has 0 aliphatic rings. The molecule has 6 heteroatoms. The summed E-state index contributed by atoms with van der Waals surface area (Å²) in [4.78, 5) is 11.6. The predicted molar refractivity (Wildman–Crippen MR) is 61.6 cm³/mol. The second kappa shape index (κ2) is 4.87. The molecule has 0 unspecified atom stereocenters. The van der Waals surface area contributed by atoms with Crippen molar-refractivity contribution in [2.45, 2.75) is 13.1 Å². The first-order valence-corrected chi connectivity index (χ1v) is 5.53. The minimum absolute atomic E-state index is 0.0110. The van der Waals surface area contributed by atoms with Crippen LogP contribution in [-0.4, -0.2) is 12.6 Å². The molecule has 0 amide bonds. The van der Waals surface area contributed by atoms with Crippen molar-refractivity contribution >= 4 is 16.9 Å². The van der Waals surface area contributed by atoms with Gasteiger partial charge in [-0.1, -0.05) is 12.1 Å². The fourth-order valence-corrected chi connectivity index (χ4v) is 1.65. The van der Waals surface area contributed by atoms with Crippen molar-refractivity contribution in [2.75, 3.05) is 6.61 Å². The van der Waals surface area contributed by atoms with Crippen LogP contribution < -0.4 is 0 Å². The molecule has 0 atom stereocenters. The number of esters is 1. The number of hydrogen-bond acceptors (Lipinski definition) is 2. The van der Waals surface area contributed by atoms with Crippen LogP contribution in [0, 0.1) is 0 Å². The Kier molecular flexibility index (Phi) is 3.42. The average molecular weight is 271 g/mol. The van der Waals surface area contributed by atoms with E-state index in [4.69, 9.17) is 4.42 Å². The summed E-state index contributed by atoms with van der Waals surface area (Å²) in [5, 5.41) is 0.401. The quantitative estimate of drug-likeness (QED) is 0.614. The molecule has 0 saturated carbocycles. The first-order chi connectivity index (χ1) is 8.93. The standard InChI is InChI=1S/C13H10F3O3/c1-2-18-12(17)9-7-8-5-3-4-6-10(8)19-11(9)13(14,15)16/h3-7H,2H2,1H3/q+1. The van der Waals surface area contributed by atoms with Crippen LogP contribution >= 0.6 is 0 Å². The molecule has 0 saturated heterocycles. The van der Waals surface area contributed by atoms with Crippen molar-refractivity contribution in [2.24, 2.45) is 0 Å². The van der Waals surface area contributed by atoms with Gasteiger partial charge in [-0.2, -0.15) is 13.2 Å². The third kappa shape index (κ3) is 2.67. The Hall–Kier alpha value is -2.11. The molecule has 1 aromatic carbocycles. The van der Waals surface area contributed by atoms with E-state index in [0.29, 0.717) is 5.39 Å². The molecule has 100 valence electrons. The van der Waals surface area contributed by atoms with Gasteiger partial charge in [0.15, 0.2) is 5.56 Å². The number of para-hydroxylation sites is 1. The van der Waals surface area contributed by atoms with Gasteiger partial charge in [-0.05, 0) is 19.1 Å². The molecule has 1 heterocycles. The summed E-state index contributed by atoms with van der Waals surface area (Å²) in [6.45, 7) is 1.51. The largest absolute Gasteiger partial charge is 0.511 e. The van der Waals surface area contributed by atoms with E-state index >= 15 is 0 Å². The molecule has 0 bridgehead atoms. The summed E-state index contributed by atoms with van der Waals surface area (Å²) < 4.78 is 48.0. The Labute approximate surface area is 106 Å². The molecule has 0 radical (unpaired) electrons. The molecule has 2 rings (SSSR count). The minimum atomic E-state index is -4.76. The molecule has 0 aliphatic heterocycles. The summed E-state index contributed by atoms with van der Waals surface area (Å²) in [6, 6.07) is 7.27. The van der Waals surface area contributed by atoms with E-state index in [2.05, 4.69) is 4.74 Å². The maximum atomic E-state index is 12.9. The van der Waals surface area contributed by atoms with Gasteiger partial charge < -0.3 is 4.74 Å². The lowest BCUT2D eigenvalue weighted by molar-refractivity contribution is -0.153. The van der Waals surface area contributed by atoms with Crippen LogP contribution in [0.5, 0.6) is 0 Å². The smallest absolute Gasteiger partial charge is 0.462 e. The summed E-state index contributed by atoms with van der Waals surface area (Å²) in [6.07, 6.45) is -4.76. The molecule has 19 heavy (non-hydrogen) atoms. The summed E-state index contributed by atoms with van der Waals surface area (Å²) in [5.74, 6) is -2.39. The lowest BCUT2D eigenvalue weighted by Crippen LogP contribution is -2.15. The molecule has 0 spiro atoms. The average Bonchev–Trinajstić information content (AvgIpc) is 2.36. The molecule has 0 fully saturated rings. The van der Waals surface area contributed by atoms with Gasteiger partial charge in [0.05, 0.1) is 12.0 Å². The fraction of sp³-hybridized carbons (Fsp3) is 0.231. The number of alkyl halides is 3. The van der Waals surface area contributed by atoms with E-state index in [9.17, 15) is 18.0 Å². The molecular formula is C13H10F3O3+. The Morgan fingerprint density at radius 3 is 2.63 bits per heavy atom. The van der Waals surface area contributed by atoms with E-state index in [1.54, 1.807) is 18.2 Å². The Balaban J connectivity index is 2.67. The molecule has 0 aliphatic carbocycles. The van der Waals surface area contributed by atoms with Gasteiger partial charge in [0.1, 0.15) is 0 Å². The van der Waals surface area contributed by atoms with Crippen molar-refractivity contribution < 1.29 is 27.1 Å². The van der Waals surface area contributed by atoms with Gasteiger partial charge in [-0.15, -0.1) is 0 Å².